The van der Waals surface area contributed by atoms with Gasteiger partial charge in [0.1, 0.15) is 0 Å². The largest absolute Gasteiger partial charge is 0.412 e. The fraction of sp³-hybridized carbons (Fsp3) is 1.00. The lowest BCUT2D eigenvalue weighted by Crippen LogP contribution is -2.50. The highest BCUT2D eigenvalue weighted by molar-refractivity contribution is 9.09. The van der Waals surface area contributed by atoms with Gasteiger partial charge < -0.3 is 14.6 Å². The number of halogens is 1. The number of rotatable bonds is 6. The highest BCUT2D eigenvalue weighted by Gasteiger charge is 2.41. The summed E-state index contributed by atoms with van der Waals surface area (Å²) in [5.41, 5.74) is 0. The first-order valence-corrected chi connectivity index (χ1v) is 10.8. The van der Waals surface area contributed by atoms with Crippen molar-refractivity contribution in [3.05, 3.63) is 0 Å². The van der Waals surface area contributed by atoms with Crippen LogP contribution in [-0.2, 0) is 4.43 Å². The molecule has 3 nitrogen and oxygen atoms in total. The zero-order valence-corrected chi connectivity index (χ0v) is 16.2. The molecule has 5 heteroatoms. The summed E-state index contributed by atoms with van der Waals surface area (Å²) in [6.07, 6.45) is -1.59. The molecule has 0 saturated carbocycles. The van der Waals surface area contributed by atoms with E-state index in [-0.39, 0.29) is 21.9 Å². The van der Waals surface area contributed by atoms with Gasteiger partial charge in [-0.3, -0.25) is 0 Å². The minimum absolute atomic E-state index is 0.0964. The normalized spacial score (nSPS) is 20.2. The van der Waals surface area contributed by atoms with E-state index < -0.39 is 20.5 Å². The fourth-order valence-electron chi connectivity index (χ4n) is 1.54. The van der Waals surface area contributed by atoms with E-state index in [0.717, 1.165) is 0 Å². The highest BCUT2D eigenvalue weighted by atomic mass is 79.9. The smallest absolute Gasteiger partial charge is 0.192 e. The molecule has 0 bridgehead atoms. The molecule has 0 aliphatic rings. The van der Waals surface area contributed by atoms with E-state index in [4.69, 9.17) is 4.43 Å². The Labute approximate surface area is 128 Å². The van der Waals surface area contributed by atoms with E-state index >= 15 is 0 Å². The van der Waals surface area contributed by atoms with Crippen LogP contribution in [0.5, 0.6) is 0 Å². The van der Waals surface area contributed by atoms with Crippen molar-refractivity contribution in [3.63, 3.8) is 0 Å². The van der Waals surface area contributed by atoms with Crippen molar-refractivity contribution < 1.29 is 14.6 Å². The van der Waals surface area contributed by atoms with Gasteiger partial charge in [-0.05, 0) is 31.0 Å². The minimum atomic E-state index is -1.90. The molecule has 0 fully saturated rings. The Kier molecular flexibility index (Phi) is 7.24. The molecule has 0 aliphatic heterocycles. The summed E-state index contributed by atoms with van der Waals surface area (Å²) < 4.78 is 6.16. The third-order valence-corrected chi connectivity index (χ3v) is 9.76. The molecule has 0 aromatic carbocycles. The first-order chi connectivity index (χ1) is 8.31. The van der Waals surface area contributed by atoms with Gasteiger partial charge in [-0.1, -0.05) is 50.5 Å². The van der Waals surface area contributed by atoms with Crippen LogP contribution in [0.2, 0.25) is 18.1 Å². The van der Waals surface area contributed by atoms with Crippen molar-refractivity contribution in [2.24, 2.45) is 5.92 Å². The average Bonchev–Trinajstić information content (AvgIpc) is 2.23. The quantitative estimate of drug-likeness (QED) is 0.566. The molecule has 4 atom stereocenters. The second kappa shape index (κ2) is 7.03. The first kappa shape index (κ1) is 19.6. The Balaban J connectivity index is 4.71. The van der Waals surface area contributed by atoms with Crippen molar-refractivity contribution >= 4 is 24.2 Å². The molecular formula is C14H31BrO3Si. The summed E-state index contributed by atoms with van der Waals surface area (Å²) in [5.74, 6) is 0.0964. The van der Waals surface area contributed by atoms with Crippen LogP contribution in [0.15, 0.2) is 0 Å². The molecule has 0 aliphatic carbocycles. The Bertz CT molecular complexity index is 276. The summed E-state index contributed by atoms with van der Waals surface area (Å²) in [5, 5.41) is 20.5. The maximum Gasteiger partial charge on any atom is 0.192 e. The van der Waals surface area contributed by atoms with Gasteiger partial charge in [0.05, 0.1) is 23.1 Å². The van der Waals surface area contributed by atoms with Crippen molar-refractivity contribution in [2.75, 3.05) is 0 Å². The standard InChI is InChI=1S/C14H31BrO3Si/c1-9(2)12(16)11(15)13(17)10(3)18-19(7,8)14(4,5)6/h9-13,16-17H,1-8H3/t10-,11+,12-,13+/m0/s1. The Morgan fingerprint density at radius 2 is 1.42 bits per heavy atom. The summed E-state index contributed by atoms with van der Waals surface area (Å²) in [7, 11) is -1.90. The Hall–Kier alpha value is 0.577. The minimum Gasteiger partial charge on any atom is -0.412 e. The predicted octanol–water partition coefficient (Wildman–Crippen LogP) is 3.54. The van der Waals surface area contributed by atoms with Gasteiger partial charge in [0.25, 0.3) is 0 Å². The SMILES string of the molecule is CC(C)[C@H](O)[C@@H](Br)[C@H](O)[C@H](C)O[Si](C)(C)C(C)(C)C. The summed E-state index contributed by atoms with van der Waals surface area (Å²) >= 11 is 3.40. The molecule has 116 valence electrons. The summed E-state index contributed by atoms with van der Waals surface area (Å²) in [6, 6.07) is 0. The van der Waals surface area contributed by atoms with E-state index in [1.165, 1.54) is 0 Å². The highest BCUT2D eigenvalue weighted by Crippen LogP contribution is 2.38. The van der Waals surface area contributed by atoms with Gasteiger partial charge in [-0.2, -0.15) is 0 Å². The molecule has 2 N–H and O–H groups in total. The van der Waals surface area contributed by atoms with E-state index in [1.54, 1.807) is 0 Å². The Morgan fingerprint density at radius 1 is 1.00 bits per heavy atom. The molecule has 0 aromatic heterocycles. The zero-order valence-electron chi connectivity index (χ0n) is 13.6. The number of hydrogen-bond acceptors (Lipinski definition) is 3. The van der Waals surface area contributed by atoms with Gasteiger partial charge in [0.15, 0.2) is 8.32 Å². The van der Waals surface area contributed by atoms with Crippen molar-refractivity contribution in [2.45, 2.75) is 82.8 Å². The van der Waals surface area contributed by atoms with Gasteiger partial charge in [0, 0.05) is 0 Å². The van der Waals surface area contributed by atoms with Gasteiger partial charge in [0.2, 0.25) is 0 Å². The Morgan fingerprint density at radius 3 is 1.74 bits per heavy atom. The van der Waals surface area contributed by atoms with Crippen LogP contribution in [0.25, 0.3) is 0 Å². The zero-order chi connectivity index (χ0) is 15.6. The third kappa shape index (κ3) is 5.46. The van der Waals surface area contributed by atoms with Gasteiger partial charge in [-0.15, -0.1) is 0 Å². The lowest BCUT2D eigenvalue weighted by Gasteiger charge is -2.40. The van der Waals surface area contributed by atoms with Gasteiger partial charge >= 0.3 is 0 Å². The maximum atomic E-state index is 10.3. The second-order valence-corrected chi connectivity index (χ2v) is 13.1. The molecule has 0 radical (unpaired) electrons. The van der Waals surface area contributed by atoms with Crippen molar-refractivity contribution in [1.82, 2.24) is 0 Å². The molecule has 19 heavy (non-hydrogen) atoms. The molecule has 0 spiro atoms. The summed E-state index contributed by atoms with van der Waals surface area (Å²) in [6.45, 7) is 16.6. The van der Waals surface area contributed by atoms with Gasteiger partial charge in [-0.25, -0.2) is 0 Å². The molecule has 0 unspecified atom stereocenters. The molecule has 0 amide bonds. The molecule has 0 rings (SSSR count). The first-order valence-electron chi connectivity index (χ1n) is 6.99. The molecule has 0 heterocycles. The van der Waals surface area contributed by atoms with Crippen molar-refractivity contribution in [1.29, 1.82) is 0 Å². The van der Waals surface area contributed by atoms with Crippen LogP contribution in [0.1, 0.15) is 41.5 Å². The van der Waals surface area contributed by atoms with Crippen LogP contribution >= 0.6 is 15.9 Å². The lowest BCUT2D eigenvalue weighted by atomic mass is 9.99. The van der Waals surface area contributed by atoms with Crippen LogP contribution in [0.4, 0.5) is 0 Å². The number of aliphatic hydroxyl groups excluding tert-OH is 2. The lowest BCUT2D eigenvalue weighted by molar-refractivity contribution is 0.000221. The number of aliphatic hydroxyl groups is 2. The van der Waals surface area contributed by atoms with Crippen molar-refractivity contribution in [3.8, 4) is 0 Å². The van der Waals surface area contributed by atoms with Crippen LogP contribution < -0.4 is 0 Å². The molecule has 0 saturated heterocycles. The molecule has 0 aromatic rings. The monoisotopic (exact) mass is 354 g/mol. The number of hydrogen-bond donors (Lipinski definition) is 2. The second-order valence-electron chi connectivity index (χ2n) is 7.25. The van der Waals surface area contributed by atoms with Crippen LogP contribution in [-0.4, -0.2) is 41.7 Å². The number of alkyl halides is 1. The van der Waals surface area contributed by atoms with Crippen LogP contribution in [0.3, 0.4) is 0 Å². The summed E-state index contributed by atoms with van der Waals surface area (Å²) in [4.78, 5) is -0.368. The maximum absolute atomic E-state index is 10.3. The van der Waals surface area contributed by atoms with E-state index in [0.29, 0.717) is 0 Å². The van der Waals surface area contributed by atoms with Crippen LogP contribution in [0, 0.1) is 5.92 Å². The van der Waals surface area contributed by atoms with E-state index in [9.17, 15) is 10.2 Å². The topological polar surface area (TPSA) is 49.7 Å². The van der Waals surface area contributed by atoms with E-state index in [1.807, 2.05) is 20.8 Å². The fourth-order valence-corrected chi connectivity index (χ4v) is 4.00. The third-order valence-electron chi connectivity index (χ3n) is 4.10. The molecular weight excluding hydrogens is 324 g/mol. The predicted molar refractivity (Wildman–Crippen MR) is 87.3 cm³/mol. The average molecular weight is 355 g/mol. The van der Waals surface area contributed by atoms with E-state index in [2.05, 4.69) is 49.8 Å².